The summed E-state index contributed by atoms with van der Waals surface area (Å²) >= 11 is 0. The maximum absolute atomic E-state index is 4.69. The second-order valence-corrected chi connectivity index (χ2v) is 6.34. The maximum atomic E-state index is 4.69. The molecule has 0 aliphatic carbocycles. The van der Waals surface area contributed by atoms with Crippen LogP contribution < -0.4 is 10.6 Å². The number of nitrogens with zero attached hydrogens (tertiary/aromatic N) is 5. The van der Waals surface area contributed by atoms with Crippen molar-refractivity contribution >= 4 is 29.9 Å². The van der Waals surface area contributed by atoms with Gasteiger partial charge in [-0.15, -0.1) is 34.2 Å². The summed E-state index contributed by atoms with van der Waals surface area (Å²) in [7, 11) is 1.96. The van der Waals surface area contributed by atoms with E-state index >= 15 is 0 Å². The van der Waals surface area contributed by atoms with Crippen LogP contribution in [0.5, 0.6) is 0 Å². The van der Waals surface area contributed by atoms with Crippen LogP contribution >= 0.6 is 24.0 Å². The van der Waals surface area contributed by atoms with Crippen LogP contribution in [0.1, 0.15) is 35.9 Å². The van der Waals surface area contributed by atoms with Crippen LogP contribution in [0.2, 0.25) is 0 Å². The molecule has 0 spiro atoms. The average molecular weight is 491 g/mol. The number of benzene rings is 1. The van der Waals surface area contributed by atoms with E-state index in [1.165, 1.54) is 5.56 Å². The van der Waals surface area contributed by atoms with Crippen molar-refractivity contribution < 1.29 is 0 Å². The molecule has 0 radical (unpaired) electrons. The molecular weight excluding hydrogens is 465 g/mol. The predicted octanol–water partition coefficient (Wildman–Crippen LogP) is 3.13. The summed E-state index contributed by atoms with van der Waals surface area (Å²) in [5, 5.41) is 15.1. The van der Waals surface area contributed by atoms with Crippen LogP contribution in [0.15, 0.2) is 59.7 Å². The van der Waals surface area contributed by atoms with E-state index in [0.717, 1.165) is 17.3 Å². The molecule has 7 nitrogen and oxygen atoms in total. The van der Waals surface area contributed by atoms with Gasteiger partial charge in [0.1, 0.15) is 5.82 Å². The Bertz CT molecular complexity index is 878. The highest BCUT2D eigenvalue weighted by Crippen LogP contribution is 2.11. The first kappa shape index (κ1) is 21.8. The highest BCUT2D eigenvalue weighted by Gasteiger charge is 2.10. The van der Waals surface area contributed by atoms with E-state index in [2.05, 4.69) is 49.9 Å². The Kier molecular flexibility index (Phi) is 8.37. The highest BCUT2D eigenvalue weighted by molar-refractivity contribution is 14.0. The molecule has 2 N–H and O–H groups in total. The fraction of sp³-hybridized carbons (Fsp3) is 0.300. The monoisotopic (exact) mass is 491 g/mol. The molecule has 0 aliphatic heterocycles. The quantitative estimate of drug-likeness (QED) is 0.315. The van der Waals surface area contributed by atoms with Gasteiger partial charge in [-0.2, -0.15) is 0 Å². The van der Waals surface area contributed by atoms with Crippen LogP contribution in [-0.2, 0) is 20.1 Å². The molecule has 3 rings (SSSR count). The number of nitrogens with one attached hydrogen (secondary N) is 2. The number of rotatable bonds is 6. The van der Waals surface area contributed by atoms with Crippen molar-refractivity contribution in [3.8, 4) is 0 Å². The van der Waals surface area contributed by atoms with Gasteiger partial charge < -0.3 is 15.2 Å². The normalized spacial score (nSPS) is 12.2. The third-order valence-corrected chi connectivity index (χ3v) is 4.37. The molecule has 0 fully saturated rings. The van der Waals surface area contributed by atoms with E-state index in [-0.39, 0.29) is 30.0 Å². The zero-order chi connectivity index (χ0) is 19.1. The predicted molar refractivity (Wildman–Crippen MR) is 121 cm³/mol. The topological polar surface area (TPSA) is 80.0 Å². The van der Waals surface area contributed by atoms with Crippen molar-refractivity contribution in [2.75, 3.05) is 0 Å². The van der Waals surface area contributed by atoms with Crippen LogP contribution in [-0.4, -0.2) is 25.7 Å². The lowest BCUT2D eigenvalue weighted by molar-refractivity contribution is 0.663. The second-order valence-electron chi connectivity index (χ2n) is 6.34. The van der Waals surface area contributed by atoms with Crippen LogP contribution in [0.4, 0.5) is 0 Å². The van der Waals surface area contributed by atoms with Crippen molar-refractivity contribution in [2.24, 2.45) is 12.0 Å². The summed E-state index contributed by atoms with van der Waals surface area (Å²) in [6, 6.07) is 16.2. The van der Waals surface area contributed by atoms with Gasteiger partial charge in [0.2, 0.25) is 0 Å². The Labute approximate surface area is 182 Å². The number of halogens is 1. The molecule has 2 heterocycles. The highest BCUT2D eigenvalue weighted by atomic mass is 127. The molecule has 0 saturated heterocycles. The van der Waals surface area contributed by atoms with Crippen LogP contribution in [0.3, 0.4) is 0 Å². The molecule has 3 aromatic rings. The van der Waals surface area contributed by atoms with Crippen LogP contribution in [0, 0.1) is 6.92 Å². The van der Waals surface area contributed by atoms with Gasteiger partial charge in [0, 0.05) is 13.2 Å². The molecule has 1 unspecified atom stereocenters. The zero-order valence-electron chi connectivity index (χ0n) is 16.3. The van der Waals surface area contributed by atoms with E-state index in [9.17, 15) is 0 Å². The van der Waals surface area contributed by atoms with Crippen molar-refractivity contribution in [2.45, 2.75) is 33.0 Å². The van der Waals surface area contributed by atoms with Crippen molar-refractivity contribution in [1.82, 2.24) is 30.4 Å². The number of hydrogen-bond donors (Lipinski definition) is 2. The third-order valence-electron chi connectivity index (χ3n) is 4.37. The molecule has 0 amide bonds. The van der Waals surface area contributed by atoms with Gasteiger partial charge in [-0.1, -0.05) is 36.4 Å². The summed E-state index contributed by atoms with van der Waals surface area (Å²) in [6.45, 7) is 5.07. The molecule has 0 bridgehead atoms. The largest absolute Gasteiger partial charge is 0.350 e. The van der Waals surface area contributed by atoms with Crippen molar-refractivity contribution in [3.05, 3.63) is 77.6 Å². The van der Waals surface area contributed by atoms with Gasteiger partial charge in [-0.3, -0.25) is 4.98 Å². The smallest absolute Gasteiger partial charge is 0.192 e. The molecule has 148 valence electrons. The number of hydrogen-bond acceptors (Lipinski definition) is 4. The standard InChI is InChI=1S/C20H25N7.HI/c1-15(17-9-5-4-6-10-17)24-20(22-13-18-11-7-8-12-21-18)23-14-19-26-25-16(2)27(19)3;/h4-12,15H,13-14H2,1-3H3,(H2,22,23,24);1H. The first-order valence-electron chi connectivity index (χ1n) is 8.98. The Morgan fingerprint density at radius 3 is 2.50 bits per heavy atom. The summed E-state index contributed by atoms with van der Waals surface area (Å²) < 4.78 is 1.96. The summed E-state index contributed by atoms with van der Waals surface area (Å²) in [6.07, 6.45) is 1.78. The maximum Gasteiger partial charge on any atom is 0.192 e. The minimum Gasteiger partial charge on any atom is -0.350 e. The Morgan fingerprint density at radius 1 is 1.11 bits per heavy atom. The van der Waals surface area contributed by atoms with Gasteiger partial charge in [0.15, 0.2) is 11.8 Å². The van der Waals surface area contributed by atoms with E-state index in [0.29, 0.717) is 19.0 Å². The molecule has 8 heteroatoms. The Balaban J connectivity index is 0.00000280. The lowest BCUT2D eigenvalue weighted by atomic mass is 10.1. The SMILES string of the molecule is Cc1nnc(CNC(=NCc2ccccn2)NC(C)c2ccccc2)n1C.I. The summed E-state index contributed by atoms with van der Waals surface area (Å²) in [5.41, 5.74) is 2.11. The molecule has 28 heavy (non-hydrogen) atoms. The first-order chi connectivity index (χ1) is 13.1. The van der Waals surface area contributed by atoms with Gasteiger partial charge in [0.25, 0.3) is 0 Å². The summed E-state index contributed by atoms with van der Waals surface area (Å²) in [4.78, 5) is 9.02. The molecule has 2 aromatic heterocycles. The molecule has 0 saturated carbocycles. The minimum atomic E-state index is 0. The molecule has 0 aliphatic rings. The van der Waals surface area contributed by atoms with E-state index in [4.69, 9.17) is 0 Å². The number of guanidine groups is 1. The van der Waals surface area contributed by atoms with E-state index < -0.39 is 0 Å². The Morgan fingerprint density at radius 2 is 1.86 bits per heavy atom. The molecule has 1 atom stereocenters. The lowest BCUT2D eigenvalue weighted by Gasteiger charge is -2.18. The van der Waals surface area contributed by atoms with Gasteiger partial charge in [-0.25, -0.2) is 4.99 Å². The lowest BCUT2D eigenvalue weighted by Crippen LogP contribution is -2.39. The molecule has 1 aromatic carbocycles. The van der Waals surface area contributed by atoms with Crippen molar-refractivity contribution in [1.29, 1.82) is 0 Å². The number of aromatic nitrogens is 4. The first-order valence-corrected chi connectivity index (χ1v) is 8.98. The fourth-order valence-electron chi connectivity index (χ4n) is 2.60. The third kappa shape index (κ3) is 6.01. The van der Waals surface area contributed by atoms with Crippen LogP contribution in [0.25, 0.3) is 0 Å². The number of aryl methyl sites for hydroxylation is 1. The van der Waals surface area contributed by atoms with Crippen molar-refractivity contribution in [3.63, 3.8) is 0 Å². The second kappa shape index (κ2) is 10.7. The number of pyridine rings is 1. The zero-order valence-corrected chi connectivity index (χ0v) is 18.7. The Hall–Kier alpha value is -2.49. The minimum absolute atomic E-state index is 0. The van der Waals surface area contributed by atoms with E-state index in [1.54, 1.807) is 6.20 Å². The van der Waals surface area contributed by atoms with Gasteiger partial charge in [0.05, 0.1) is 24.8 Å². The summed E-state index contributed by atoms with van der Waals surface area (Å²) in [5.74, 6) is 2.44. The number of aliphatic imine (C=N–C) groups is 1. The van der Waals surface area contributed by atoms with E-state index in [1.807, 2.05) is 54.9 Å². The molecular formula is C20H26IN7. The van der Waals surface area contributed by atoms with Gasteiger partial charge in [-0.05, 0) is 31.5 Å². The fourth-order valence-corrected chi connectivity index (χ4v) is 2.60. The average Bonchev–Trinajstić information content (AvgIpc) is 3.03. The van der Waals surface area contributed by atoms with Gasteiger partial charge >= 0.3 is 0 Å².